The second-order valence-electron chi connectivity index (χ2n) is 16.4. The Morgan fingerprint density at radius 1 is 1.06 bits per heavy atom. The van der Waals surface area contributed by atoms with Crippen molar-refractivity contribution in [3.05, 3.63) is 34.9 Å². The normalized spacial score (nSPS) is 23.1. The minimum atomic E-state index is -1.12. The first-order valence-electron chi connectivity index (χ1n) is 19.0. The van der Waals surface area contributed by atoms with E-state index in [1.54, 1.807) is 12.1 Å². The Balaban J connectivity index is 1.42. The molecule has 2 saturated carbocycles. The lowest BCUT2D eigenvalue weighted by Crippen LogP contribution is -2.59. The van der Waals surface area contributed by atoms with Crippen molar-refractivity contribution in [3.8, 4) is 5.75 Å². The molecule has 1 aromatic rings. The Hall–Kier alpha value is -3.64. The van der Waals surface area contributed by atoms with Crippen molar-refractivity contribution in [2.75, 3.05) is 6.54 Å². The lowest BCUT2D eigenvalue weighted by molar-refractivity contribution is -0.145. The Kier molecular flexibility index (Phi) is 12.6. The highest BCUT2D eigenvalue weighted by Crippen LogP contribution is 2.40. The van der Waals surface area contributed by atoms with Crippen LogP contribution in [0.5, 0.6) is 5.75 Å². The quantitative estimate of drug-likeness (QED) is 0.195. The molecule has 1 saturated heterocycles. The molecular formula is C39H56ClN5O7. The van der Waals surface area contributed by atoms with Crippen molar-refractivity contribution in [2.24, 2.45) is 11.3 Å². The van der Waals surface area contributed by atoms with Gasteiger partial charge < -0.3 is 25.6 Å². The number of ether oxygens (including phenoxy) is 1. The summed E-state index contributed by atoms with van der Waals surface area (Å²) in [5.41, 5.74) is 2.51. The molecule has 4 aliphatic rings. The number of rotatable bonds is 14. The first-order valence-corrected chi connectivity index (χ1v) is 19.3. The molecule has 12 nitrogen and oxygen atoms in total. The molecule has 2 heterocycles. The van der Waals surface area contributed by atoms with Crippen molar-refractivity contribution in [3.63, 3.8) is 0 Å². The summed E-state index contributed by atoms with van der Waals surface area (Å²) in [6.07, 6.45) is 10.0. The molecule has 2 aliphatic carbocycles. The number of carbonyl (C=O) groups excluding carboxylic acids is 5. The Bertz CT molecular complexity index is 1550. The summed E-state index contributed by atoms with van der Waals surface area (Å²) >= 11 is 6.55. The van der Waals surface area contributed by atoms with E-state index in [1.165, 1.54) is 11.3 Å². The minimum absolute atomic E-state index is 0.00231. The summed E-state index contributed by atoms with van der Waals surface area (Å²) in [6.45, 7) is 11.3. The van der Waals surface area contributed by atoms with Crippen LogP contribution in [0.2, 0.25) is 5.02 Å². The van der Waals surface area contributed by atoms with E-state index in [4.69, 9.17) is 21.2 Å². The van der Waals surface area contributed by atoms with Crippen LogP contribution in [-0.2, 0) is 28.8 Å². The van der Waals surface area contributed by atoms with Gasteiger partial charge in [-0.2, -0.15) is 0 Å². The summed E-state index contributed by atoms with van der Waals surface area (Å²) in [7, 11) is 0. The van der Waals surface area contributed by atoms with Gasteiger partial charge >= 0.3 is 0 Å². The fourth-order valence-electron chi connectivity index (χ4n) is 7.34. The number of benzene rings is 1. The average Bonchev–Trinajstić information content (AvgIpc) is 3.68. The molecule has 2 aliphatic heterocycles. The number of Topliss-reactive ketones (excluding diaryl/α,β-unsaturated/α-hetero) is 1. The van der Waals surface area contributed by atoms with Crippen LogP contribution >= 0.6 is 11.6 Å². The zero-order valence-electron chi connectivity index (χ0n) is 31.4. The highest BCUT2D eigenvalue weighted by atomic mass is 35.5. The summed E-state index contributed by atoms with van der Waals surface area (Å²) in [5, 5.41) is 8.98. The molecular weight excluding hydrogens is 686 g/mol. The molecule has 52 heavy (non-hydrogen) atoms. The van der Waals surface area contributed by atoms with Gasteiger partial charge in [0.2, 0.25) is 23.5 Å². The molecule has 0 bridgehead atoms. The maximum Gasteiger partial charge on any atom is 0.289 e. The van der Waals surface area contributed by atoms with Gasteiger partial charge in [-0.25, -0.2) is 0 Å². The molecule has 4 amide bonds. The molecule has 286 valence electrons. The van der Waals surface area contributed by atoms with Gasteiger partial charge in [0.15, 0.2) is 0 Å². The van der Waals surface area contributed by atoms with Crippen LogP contribution in [0.1, 0.15) is 118 Å². The second-order valence-corrected chi connectivity index (χ2v) is 16.8. The zero-order valence-corrected chi connectivity index (χ0v) is 32.2. The number of amides is 4. The molecule has 1 spiro atoms. The molecule has 3 fully saturated rings. The van der Waals surface area contributed by atoms with Crippen molar-refractivity contribution in [2.45, 2.75) is 148 Å². The molecule has 4 N–H and O–H groups in total. The van der Waals surface area contributed by atoms with Gasteiger partial charge in [-0.15, -0.1) is 0 Å². The number of hydroxylamine groups is 1. The average molecular weight is 742 g/mol. The van der Waals surface area contributed by atoms with Crippen LogP contribution in [-0.4, -0.2) is 76.7 Å². The molecule has 0 unspecified atom stereocenters. The third-order valence-corrected chi connectivity index (χ3v) is 10.6. The predicted molar refractivity (Wildman–Crippen MR) is 198 cm³/mol. The fourth-order valence-corrected chi connectivity index (χ4v) is 7.56. The van der Waals surface area contributed by atoms with E-state index in [0.29, 0.717) is 29.3 Å². The van der Waals surface area contributed by atoms with Crippen LogP contribution in [0.15, 0.2) is 24.3 Å². The molecule has 0 radical (unpaired) electrons. The molecule has 5 rings (SSSR count). The van der Waals surface area contributed by atoms with Gasteiger partial charge in [0.25, 0.3) is 5.91 Å². The zero-order chi connectivity index (χ0) is 37.8. The Morgan fingerprint density at radius 2 is 1.77 bits per heavy atom. The summed E-state index contributed by atoms with van der Waals surface area (Å²) in [5.74, 6) is -1.78. The third-order valence-electron chi connectivity index (χ3n) is 10.3. The first kappa shape index (κ1) is 39.6. The van der Waals surface area contributed by atoms with Crippen molar-refractivity contribution >= 4 is 46.7 Å². The van der Waals surface area contributed by atoms with Gasteiger partial charge in [0.1, 0.15) is 23.4 Å². The summed E-state index contributed by atoms with van der Waals surface area (Å²) < 4.78 is 5.79. The van der Waals surface area contributed by atoms with Gasteiger partial charge in [-0.05, 0) is 81.6 Å². The Morgan fingerprint density at radius 3 is 2.38 bits per heavy atom. The smallest absolute Gasteiger partial charge is 0.289 e. The van der Waals surface area contributed by atoms with Crippen molar-refractivity contribution < 1.29 is 33.5 Å². The standard InChI is InChI=1S/C39H56ClN5O7/c1-7-11-28(33(47)36(49)41-26-15-16-26)42-35(48)30-21-39(20-29(44-52-39)25-14-17-31(27(40)19-25)51-23(2)3)22-45(30)37(50)34(38(4,5)6)43-32(46)18-24-12-9-8-10-13-24/h14,17,19-20,23-24,26,28,30,34,44H,7-13,15-16,18,21-22H2,1-6H3,(H,41,49)(H,42,48)(H,43,46)/t28-,30-,34+,39+/m0/s1. The van der Waals surface area contributed by atoms with E-state index in [9.17, 15) is 24.0 Å². The maximum atomic E-state index is 14.7. The topological polar surface area (TPSA) is 155 Å². The number of hydrogen-bond acceptors (Lipinski definition) is 8. The largest absolute Gasteiger partial charge is 0.489 e. The SMILES string of the molecule is CCC[C@H](NC(=O)[C@@H]1C[C@]2(C=C(c3ccc(OC(C)C)c(Cl)c3)NO2)CN1C(=O)[C@@H](NC(=O)CC1CCCCC1)C(C)(C)C)C(=O)C(=O)NC1CC1. The molecule has 13 heteroatoms. The maximum absolute atomic E-state index is 14.7. The van der Waals surface area contributed by atoms with Crippen molar-refractivity contribution in [1.82, 2.24) is 26.3 Å². The van der Waals surface area contributed by atoms with Crippen LogP contribution in [0.3, 0.4) is 0 Å². The number of halogens is 1. The monoisotopic (exact) mass is 741 g/mol. The summed E-state index contributed by atoms with van der Waals surface area (Å²) in [6, 6.07) is 2.32. The highest BCUT2D eigenvalue weighted by Gasteiger charge is 2.54. The number of ketones is 1. The second kappa shape index (κ2) is 16.6. The van der Waals surface area contributed by atoms with Crippen LogP contribution in [0, 0.1) is 11.3 Å². The molecule has 0 aromatic heterocycles. The van der Waals surface area contributed by atoms with Gasteiger partial charge in [0.05, 0.1) is 29.4 Å². The lowest BCUT2D eigenvalue weighted by Gasteiger charge is -2.36. The summed E-state index contributed by atoms with van der Waals surface area (Å²) in [4.78, 5) is 75.9. The number of likely N-dealkylation sites (tertiary alicyclic amines) is 1. The van der Waals surface area contributed by atoms with Crippen LogP contribution in [0.25, 0.3) is 5.70 Å². The molecule has 4 atom stereocenters. The third kappa shape index (κ3) is 9.86. The van der Waals surface area contributed by atoms with E-state index >= 15 is 0 Å². The predicted octanol–water partition coefficient (Wildman–Crippen LogP) is 4.98. The highest BCUT2D eigenvalue weighted by molar-refractivity contribution is 6.38. The van der Waals surface area contributed by atoms with E-state index in [1.807, 2.05) is 53.7 Å². The van der Waals surface area contributed by atoms with Gasteiger partial charge in [-0.3, -0.25) is 34.3 Å². The van der Waals surface area contributed by atoms with E-state index in [-0.39, 0.29) is 43.4 Å². The van der Waals surface area contributed by atoms with Gasteiger partial charge in [0, 0.05) is 24.4 Å². The van der Waals surface area contributed by atoms with Crippen LogP contribution < -0.4 is 26.2 Å². The minimum Gasteiger partial charge on any atom is -0.489 e. The first-order chi connectivity index (χ1) is 24.6. The van der Waals surface area contributed by atoms with E-state index < -0.39 is 52.6 Å². The van der Waals surface area contributed by atoms with Crippen molar-refractivity contribution in [1.29, 1.82) is 0 Å². The molecule has 1 aromatic carbocycles. The van der Waals surface area contributed by atoms with Gasteiger partial charge in [-0.1, -0.05) is 65.0 Å². The number of nitrogens with zero attached hydrogens (tertiary/aromatic N) is 1. The van der Waals surface area contributed by atoms with E-state index in [2.05, 4.69) is 21.4 Å². The lowest BCUT2D eigenvalue weighted by atomic mass is 9.84. The fraction of sp³-hybridized carbons (Fsp3) is 0.667. The number of carbonyl (C=O) groups is 5. The number of nitrogens with one attached hydrogen (secondary N) is 4. The van der Waals surface area contributed by atoms with Crippen LogP contribution in [0.4, 0.5) is 0 Å². The Labute approximate surface area is 312 Å². The van der Waals surface area contributed by atoms with E-state index in [0.717, 1.165) is 44.1 Å². The number of hydrogen-bond donors (Lipinski definition) is 4.